The molecular formula is C16H22N4O. The van der Waals surface area contributed by atoms with Crippen molar-refractivity contribution in [3.05, 3.63) is 29.8 Å². The van der Waals surface area contributed by atoms with Gasteiger partial charge in [0.15, 0.2) is 0 Å². The zero-order valence-electron chi connectivity index (χ0n) is 12.7. The molecule has 112 valence electrons. The quantitative estimate of drug-likeness (QED) is 0.847. The Bertz CT molecular complexity index is 591. The van der Waals surface area contributed by atoms with Crippen molar-refractivity contribution >= 4 is 0 Å². The summed E-state index contributed by atoms with van der Waals surface area (Å²) in [5.74, 6) is 2.07. The van der Waals surface area contributed by atoms with E-state index in [1.165, 1.54) is 12.8 Å². The topological polar surface area (TPSA) is 63.8 Å². The van der Waals surface area contributed by atoms with E-state index in [-0.39, 0.29) is 0 Å². The molecule has 0 aliphatic heterocycles. The number of hydrogen-bond donors (Lipinski definition) is 1. The minimum atomic E-state index is 0.456. The van der Waals surface area contributed by atoms with Crippen LogP contribution < -0.4 is 5.32 Å². The first-order valence-electron chi connectivity index (χ1n) is 7.82. The molecule has 0 bridgehead atoms. The van der Waals surface area contributed by atoms with Gasteiger partial charge in [-0.15, -0.1) is 0 Å². The van der Waals surface area contributed by atoms with E-state index in [1.807, 2.05) is 6.07 Å². The summed E-state index contributed by atoms with van der Waals surface area (Å²) in [4.78, 5) is 8.94. The molecule has 2 aromatic heterocycles. The van der Waals surface area contributed by atoms with Crippen molar-refractivity contribution in [2.24, 2.45) is 5.92 Å². The lowest BCUT2D eigenvalue weighted by atomic mass is 10.1. The first-order valence-corrected chi connectivity index (χ1v) is 7.82. The third-order valence-corrected chi connectivity index (χ3v) is 4.00. The number of likely N-dealkylation sites (N-methyl/N-ethyl adjacent to an activating group) is 1. The van der Waals surface area contributed by atoms with E-state index in [0.717, 1.165) is 36.6 Å². The summed E-state index contributed by atoms with van der Waals surface area (Å²) in [5, 5.41) is 7.63. The number of nitrogens with zero attached hydrogens (tertiary/aromatic N) is 3. The van der Waals surface area contributed by atoms with Crippen molar-refractivity contribution < 1.29 is 4.52 Å². The van der Waals surface area contributed by atoms with Crippen molar-refractivity contribution in [1.29, 1.82) is 0 Å². The van der Waals surface area contributed by atoms with Gasteiger partial charge in [0, 0.05) is 18.7 Å². The second kappa shape index (κ2) is 6.35. The summed E-state index contributed by atoms with van der Waals surface area (Å²) >= 11 is 0. The number of nitrogens with one attached hydrogen (secondary N) is 1. The predicted molar refractivity (Wildman–Crippen MR) is 80.8 cm³/mol. The van der Waals surface area contributed by atoms with Gasteiger partial charge in [0.05, 0.1) is 0 Å². The maximum atomic E-state index is 5.43. The van der Waals surface area contributed by atoms with Crippen LogP contribution in [0.2, 0.25) is 0 Å². The van der Waals surface area contributed by atoms with Crippen molar-refractivity contribution in [1.82, 2.24) is 20.4 Å². The van der Waals surface area contributed by atoms with Gasteiger partial charge in [-0.05, 0) is 43.4 Å². The highest BCUT2D eigenvalue weighted by molar-refractivity contribution is 5.53. The van der Waals surface area contributed by atoms with Gasteiger partial charge < -0.3 is 9.84 Å². The van der Waals surface area contributed by atoms with Crippen LogP contribution in [-0.2, 0) is 12.8 Å². The van der Waals surface area contributed by atoms with Crippen LogP contribution in [0.4, 0.5) is 0 Å². The fourth-order valence-corrected chi connectivity index (χ4v) is 2.71. The van der Waals surface area contributed by atoms with E-state index in [9.17, 15) is 0 Å². The Morgan fingerprint density at radius 2 is 2.24 bits per heavy atom. The molecule has 3 rings (SSSR count). The first-order chi connectivity index (χ1) is 10.3. The number of aromatic nitrogens is 3. The average molecular weight is 286 g/mol. The van der Waals surface area contributed by atoms with Gasteiger partial charge in [0.1, 0.15) is 5.69 Å². The van der Waals surface area contributed by atoms with E-state index in [1.54, 1.807) is 6.20 Å². The Morgan fingerprint density at radius 3 is 2.95 bits per heavy atom. The zero-order valence-corrected chi connectivity index (χ0v) is 12.7. The zero-order chi connectivity index (χ0) is 14.7. The molecule has 5 heteroatoms. The largest absolute Gasteiger partial charge is 0.339 e. The molecule has 2 heterocycles. The van der Waals surface area contributed by atoms with E-state index in [2.05, 4.69) is 40.4 Å². The Labute approximate surface area is 125 Å². The molecule has 1 N–H and O–H groups in total. The lowest BCUT2D eigenvalue weighted by Gasteiger charge is -2.14. The van der Waals surface area contributed by atoms with Gasteiger partial charge in [0.25, 0.3) is 0 Å². The SMILES string of the molecule is CCNC(Cc1nc(-c2ncccc2CC)no1)C1CC1. The maximum Gasteiger partial charge on any atom is 0.228 e. The molecule has 0 amide bonds. The highest BCUT2D eigenvalue weighted by Gasteiger charge is 2.32. The van der Waals surface area contributed by atoms with Gasteiger partial charge >= 0.3 is 0 Å². The van der Waals surface area contributed by atoms with Gasteiger partial charge in [-0.25, -0.2) is 0 Å². The molecule has 1 unspecified atom stereocenters. The lowest BCUT2D eigenvalue weighted by molar-refractivity contribution is 0.348. The molecule has 5 nitrogen and oxygen atoms in total. The second-order valence-electron chi connectivity index (χ2n) is 5.58. The molecule has 1 saturated carbocycles. The summed E-state index contributed by atoms with van der Waals surface area (Å²) in [6.45, 7) is 5.22. The Hall–Kier alpha value is -1.75. The van der Waals surface area contributed by atoms with Crippen LogP contribution in [0.5, 0.6) is 0 Å². The molecular weight excluding hydrogens is 264 g/mol. The van der Waals surface area contributed by atoms with Gasteiger partial charge in [0.2, 0.25) is 11.7 Å². The minimum absolute atomic E-state index is 0.456. The Balaban J connectivity index is 1.76. The van der Waals surface area contributed by atoms with Crippen LogP contribution in [0.3, 0.4) is 0 Å². The number of rotatable bonds is 7. The van der Waals surface area contributed by atoms with E-state index in [4.69, 9.17) is 4.52 Å². The summed E-state index contributed by atoms with van der Waals surface area (Å²) in [5.41, 5.74) is 1.98. The number of hydrogen-bond acceptors (Lipinski definition) is 5. The summed E-state index contributed by atoms with van der Waals surface area (Å²) < 4.78 is 5.43. The minimum Gasteiger partial charge on any atom is -0.339 e. The van der Waals surface area contributed by atoms with Gasteiger partial charge in [-0.1, -0.05) is 25.1 Å². The lowest BCUT2D eigenvalue weighted by Crippen LogP contribution is -2.33. The highest BCUT2D eigenvalue weighted by Crippen LogP contribution is 2.34. The Kier molecular flexibility index (Phi) is 4.29. The van der Waals surface area contributed by atoms with Crippen LogP contribution in [0.1, 0.15) is 38.1 Å². The van der Waals surface area contributed by atoms with Crippen molar-refractivity contribution in [2.45, 2.75) is 45.6 Å². The maximum absolute atomic E-state index is 5.43. The van der Waals surface area contributed by atoms with E-state index in [0.29, 0.717) is 17.8 Å². The summed E-state index contributed by atoms with van der Waals surface area (Å²) in [7, 11) is 0. The first kappa shape index (κ1) is 14.2. The third-order valence-electron chi connectivity index (χ3n) is 4.00. The van der Waals surface area contributed by atoms with E-state index < -0.39 is 0 Å². The van der Waals surface area contributed by atoms with Crippen molar-refractivity contribution in [3.8, 4) is 11.5 Å². The third kappa shape index (κ3) is 3.29. The fourth-order valence-electron chi connectivity index (χ4n) is 2.71. The molecule has 2 aromatic rings. The van der Waals surface area contributed by atoms with Gasteiger partial charge in [-0.3, -0.25) is 4.98 Å². The number of aryl methyl sites for hydroxylation is 1. The average Bonchev–Trinajstić information content (AvgIpc) is 3.26. The van der Waals surface area contributed by atoms with Crippen molar-refractivity contribution in [2.75, 3.05) is 6.54 Å². The molecule has 0 spiro atoms. The number of pyridine rings is 1. The molecule has 1 aliphatic rings. The standard InChI is InChI=1S/C16H22N4O/c1-3-11-6-5-9-18-15(11)16-19-14(21-20-16)10-13(17-4-2)12-7-8-12/h5-6,9,12-13,17H,3-4,7-8,10H2,1-2H3. The van der Waals surface area contributed by atoms with Crippen LogP contribution in [0.15, 0.2) is 22.9 Å². The van der Waals surface area contributed by atoms with Crippen LogP contribution >= 0.6 is 0 Å². The van der Waals surface area contributed by atoms with Crippen LogP contribution in [0.25, 0.3) is 11.5 Å². The van der Waals surface area contributed by atoms with Gasteiger partial charge in [-0.2, -0.15) is 4.98 Å². The Morgan fingerprint density at radius 1 is 1.38 bits per heavy atom. The molecule has 1 fully saturated rings. The summed E-state index contributed by atoms with van der Waals surface area (Å²) in [6, 6.07) is 4.46. The molecule has 0 radical (unpaired) electrons. The highest BCUT2D eigenvalue weighted by atomic mass is 16.5. The molecule has 0 saturated heterocycles. The van der Waals surface area contributed by atoms with Crippen LogP contribution in [0, 0.1) is 5.92 Å². The monoisotopic (exact) mass is 286 g/mol. The van der Waals surface area contributed by atoms with E-state index >= 15 is 0 Å². The smallest absolute Gasteiger partial charge is 0.228 e. The predicted octanol–water partition coefficient (Wildman–Crippen LogP) is 2.62. The molecule has 21 heavy (non-hydrogen) atoms. The molecule has 0 aromatic carbocycles. The summed E-state index contributed by atoms with van der Waals surface area (Å²) in [6.07, 6.45) is 6.10. The molecule has 1 aliphatic carbocycles. The van der Waals surface area contributed by atoms with Crippen LogP contribution in [-0.4, -0.2) is 27.7 Å². The normalized spacial score (nSPS) is 16.1. The fraction of sp³-hybridized carbons (Fsp3) is 0.562. The second-order valence-corrected chi connectivity index (χ2v) is 5.58. The molecule has 1 atom stereocenters. The van der Waals surface area contributed by atoms with Crippen molar-refractivity contribution in [3.63, 3.8) is 0 Å².